The number of benzene rings is 1. The lowest BCUT2D eigenvalue weighted by atomic mass is 10.1. The summed E-state index contributed by atoms with van der Waals surface area (Å²) >= 11 is 11.7. The van der Waals surface area contributed by atoms with E-state index in [4.69, 9.17) is 27.9 Å². The molecule has 0 fully saturated rings. The molecule has 0 spiro atoms. The molecule has 1 heterocycles. The van der Waals surface area contributed by atoms with Crippen molar-refractivity contribution in [1.29, 1.82) is 0 Å². The van der Waals surface area contributed by atoms with Gasteiger partial charge in [0, 0.05) is 12.5 Å². The lowest BCUT2D eigenvalue weighted by molar-refractivity contribution is -0.155. The van der Waals surface area contributed by atoms with Crippen molar-refractivity contribution >= 4 is 35.1 Å². The Balaban J connectivity index is 2.75. The van der Waals surface area contributed by atoms with Gasteiger partial charge in [-0.05, 0) is 19.1 Å². The molecule has 0 atom stereocenters. The van der Waals surface area contributed by atoms with Gasteiger partial charge in [0.15, 0.2) is 12.4 Å². The molecule has 0 unspecified atom stereocenters. The van der Waals surface area contributed by atoms with E-state index in [1.54, 1.807) is 0 Å². The minimum atomic E-state index is -4.92. The van der Waals surface area contributed by atoms with Gasteiger partial charge in [-0.25, -0.2) is 9.78 Å². The zero-order valence-corrected chi connectivity index (χ0v) is 15.6. The molecule has 2 rings (SSSR count). The summed E-state index contributed by atoms with van der Waals surface area (Å²) in [6, 6.07) is 3.98. The van der Waals surface area contributed by atoms with Crippen LogP contribution in [0, 0.1) is 0 Å². The second kappa shape index (κ2) is 8.18. The van der Waals surface area contributed by atoms with Crippen LogP contribution < -0.4 is 0 Å². The van der Waals surface area contributed by atoms with E-state index in [0.29, 0.717) is 4.57 Å². The Kier molecular flexibility index (Phi) is 6.38. The Morgan fingerprint density at radius 3 is 2.37 bits per heavy atom. The second-order valence-electron chi connectivity index (χ2n) is 5.17. The molecule has 0 radical (unpaired) electrons. The summed E-state index contributed by atoms with van der Waals surface area (Å²) in [7, 11) is 0. The first-order chi connectivity index (χ1) is 12.6. The molecule has 0 saturated carbocycles. The number of rotatable bonds is 5. The van der Waals surface area contributed by atoms with Gasteiger partial charge in [0.05, 0.1) is 16.7 Å². The summed E-state index contributed by atoms with van der Waals surface area (Å²) in [5, 5.41) is 0.237. The van der Waals surface area contributed by atoms with Crippen molar-refractivity contribution in [1.82, 2.24) is 9.55 Å². The molecule has 0 amide bonds. The van der Waals surface area contributed by atoms with Crippen molar-refractivity contribution in [2.24, 2.45) is 0 Å². The zero-order chi connectivity index (χ0) is 20.4. The van der Waals surface area contributed by atoms with Gasteiger partial charge in [-0.2, -0.15) is 13.2 Å². The third-order valence-corrected chi connectivity index (χ3v) is 4.02. The van der Waals surface area contributed by atoms with Crippen LogP contribution in [0.2, 0.25) is 10.0 Å². The van der Waals surface area contributed by atoms with E-state index in [1.807, 2.05) is 0 Å². The second-order valence-corrected chi connectivity index (χ2v) is 5.99. The van der Waals surface area contributed by atoms with Crippen LogP contribution in [0.5, 0.6) is 0 Å². The van der Waals surface area contributed by atoms with Crippen LogP contribution in [-0.4, -0.2) is 28.1 Å². The average Bonchev–Trinajstić information content (AvgIpc) is 2.95. The van der Waals surface area contributed by atoms with Gasteiger partial charge in [-0.3, -0.25) is 9.36 Å². The summed E-state index contributed by atoms with van der Waals surface area (Å²) < 4.78 is 50.3. The minimum absolute atomic E-state index is 0.0621. The molecule has 146 valence electrons. The fourth-order valence-electron chi connectivity index (χ4n) is 2.20. The molecule has 1 aromatic carbocycles. The first-order valence-corrected chi connectivity index (χ1v) is 8.25. The maximum atomic E-state index is 13.5. The molecule has 0 bridgehead atoms. The highest BCUT2D eigenvalue weighted by atomic mass is 35.5. The van der Waals surface area contributed by atoms with E-state index in [-0.39, 0.29) is 27.9 Å². The number of carbonyl (C=O) groups is 2. The Morgan fingerprint density at radius 2 is 1.85 bits per heavy atom. The standard InChI is InChI=1S/C16H13Cl2F3N2O4/c1-3-26-14(25)13-12(9-4-5-10(17)11(18)6-9)22-15(16(19,20)21)23(13)7-27-8(2)24/h4-6H,3,7H2,1-2H3. The first kappa shape index (κ1) is 21.0. The SMILES string of the molecule is CCOC(=O)c1c(-c2ccc(Cl)c(Cl)c2)nc(C(F)(F)F)n1COC(C)=O. The molecule has 0 aliphatic carbocycles. The topological polar surface area (TPSA) is 70.4 Å². The smallest absolute Gasteiger partial charge is 0.449 e. The van der Waals surface area contributed by atoms with Crippen LogP contribution >= 0.6 is 23.2 Å². The van der Waals surface area contributed by atoms with Crippen LogP contribution in [0.25, 0.3) is 11.3 Å². The number of hydrogen-bond acceptors (Lipinski definition) is 5. The van der Waals surface area contributed by atoms with Gasteiger partial charge in [-0.15, -0.1) is 0 Å². The molecule has 2 aromatic rings. The minimum Gasteiger partial charge on any atom is -0.461 e. The summed E-state index contributed by atoms with van der Waals surface area (Å²) in [4.78, 5) is 27.0. The van der Waals surface area contributed by atoms with Gasteiger partial charge in [0.2, 0.25) is 5.82 Å². The Bertz CT molecular complexity index is 881. The van der Waals surface area contributed by atoms with Crippen molar-refractivity contribution in [2.75, 3.05) is 6.61 Å². The van der Waals surface area contributed by atoms with Crippen LogP contribution in [-0.2, 0) is 27.2 Å². The number of halogens is 5. The Hall–Kier alpha value is -2.26. The van der Waals surface area contributed by atoms with Crippen LogP contribution in [0.15, 0.2) is 18.2 Å². The fourth-order valence-corrected chi connectivity index (χ4v) is 2.50. The molecule has 6 nitrogen and oxygen atoms in total. The molecule has 0 saturated heterocycles. The normalized spacial score (nSPS) is 11.4. The van der Waals surface area contributed by atoms with E-state index in [2.05, 4.69) is 9.72 Å². The largest absolute Gasteiger partial charge is 0.461 e. The molecular weight excluding hydrogens is 412 g/mol. The van der Waals surface area contributed by atoms with E-state index >= 15 is 0 Å². The maximum Gasteiger partial charge on any atom is 0.449 e. The summed E-state index contributed by atoms with van der Waals surface area (Å²) in [6.45, 7) is 1.56. The van der Waals surface area contributed by atoms with Crippen molar-refractivity contribution in [3.63, 3.8) is 0 Å². The molecular formula is C16H13Cl2F3N2O4. The van der Waals surface area contributed by atoms with Crippen molar-refractivity contribution in [3.05, 3.63) is 39.8 Å². The third kappa shape index (κ3) is 4.72. The highest BCUT2D eigenvalue weighted by molar-refractivity contribution is 6.42. The molecule has 11 heteroatoms. The van der Waals surface area contributed by atoms with E-state index in [0.717, 1.165) is 6.92 Å². The van der Waals surface area contributed by atoms with E-state index in [9.17, 15) is 22.8 Å². The third-order valence-electron chi connectivity index (χ3n) is 3.28. The molecule has 0 aliphatic heterocycles. The zero-order valence-electron chi connectivity index (χ0n) is 14.1. The number of alkyl halides is 3. The van der Waals surface area contributed by atoms with E-state index < -0.39 is 36.4 Å². The first-order valence-electron chi connectivity index (χ1n) is 7.49. The number of esters is 2. The Morgan fingerprint density at radius 1 is 1.19 bits per heavy atom. The van der Waals surface area contributed by atoms with Gasteiger partial charge in [0.25, 0.3) is 0 Å². The van der Waals surface area contributed by atoms with Gasteiger partial charge in [0.1, 0.15) is 5.69 Å². The lowest BCUT2D eigenvalue weighted by Crippen LogP contribution is -2.21. The number of aromatic nitrogens is 2. The number of imidazole rings is 1. The predicted octanol–water partition coefficient (Wildman–Crippen LogP) is 4.57. The summed E-state index contributed by atoms with van der Waals surface area (Å²) in [6.07, 6.45) is -4.92. The predicted molar refractivity (Wildman–Crippen MR) is 90.4 cm³/mol. The van der Waals surface area contributed by atoms with Gasteiger partial charge in [-0.1, -0.05) is 29.3 Å². The highest BCUT2D eigenvalue weighted by Crippen LogP contribution is 2.36. The number of hydrogen-bond donors (Lipinski definition) is 0. The lowest BCUT2D eigenvalue weighted by Gasteiger charge is -2.13. The average molecular weight is 425 g/mol. The molecule has 27 heavy (non-hydrogen) atoms. The maximum absolute atomic E-state index is 13.5. The van der Waals surface area contributed by atoms with Crippen LogP contribution in [0.4, 0.5) is 13.2 Å². The summed E-state index contributed by atoms with van der Waals surface area (Å²) in [5.74, 6) is -3.32. The van der Waals surface area contributed by atoms with E-state index in [1.165, 1.54) is 25.1 Å². The molecule has 0 N–H and O–H groups in total. The number of carbonyl (C=O) groups excluding carboxylic acids is 2. The molecule has 1 aromatic heterocycles. The van der Waals surface area contributed by atoms with Gasteiger partial charge >= 0.3 is 18.1 Å². The quantitative estimate of drug-likeness (QED) is 0.657. The Labute approximate surface area is 161 Å². The molecule has 0 aliphatic rings. The van der Waals surface area contributed by atoms with Crippen molar-refractivity contribution in [3.8, 4) is 11.3 Å². The monoisotopic (exact) mass is 424 g/mol. The van der Waals surface area contributed by atoms with Crippen LogP contribution in [0.1, 0.15) is 30.2 Å². The van der Waals surface area contributed by atoms with Crippen molar-refractivity contribution < 1.29 is 32.2 Å². The van der Waals surface area contributed by atoms with Crippen LogP contribution in [0.3, 0.4) is 0 Å². The van der Waals surface area contributed by atoms with Gasteiger partial charge < -0.3 is 9.47 Å². The number of nitrogens with zero attached hydrogens (tertiary/aromatic N) is 2. The fraction of sp³-hybridized carbons (Fsp3) is 0.312. The number of ether oxygens (including phenoxy) is 2. The van der Waals surface area contributed by atoms with Crippen molar-refractivity contribution in [2.45, 2.75) is 26.8 Å². The highest BCUT2D eigenvalue weighted by Gasteiger charge is 2.41. The summed E-state index contributed by atoms with van der Waals surface area (Å²) in [5.41, 5.74) is -0.741.